The van der Waals surface area contributed by atoms with Gasteiger partial charge in [-0.15, -0.1) is 0 Å². The molecule has 0 radical (unpaired) electrons. The molecule has 2 unspecified atom stereocenters. The SMILES string of the molecule is C.CC1C=CC(c2ccccc2)=CC1C. The number of hydrogen-bond donors (Lipinski definition) is 0. The minimum atomic E-state index is 0. The van der Waals surface area contributed by atoms with E-state index in [1.54, 1.807) is 0 Å². The van der Waals surface area contributed by atoms with E-state index in [2.05, 4.69) is 62.4 Å². The maximum atomic E-state index is 2.36. The zero-order valence-corrected chi connectivity index (χ0v) is 8.77. The van der Waals surface area contributed by atoms with E-state index in [4.69, 9.17) is 0 Å². The molecule has 0 N–H and O–H groups in total. The zero-order chi connectivity index (χ0) is 9.97. The lowest BCUT2D eigenvalue weighted by Crippen LogP contribution is -2.06. The molecular weight excluding hydrogens is 180 g/mol. The summed E-state index contributed by atoms with van der Waals surface area (Å²) in [6.07, 6.45) is 6.90. The van der Waals surface area contributed by atoms with Crippen LogP contribution in [-0.2, 0) is 0 Å². The molecule has 0 bridgehead atoms. The molecule has 2 atom stereocenters. The quantitative estimate of drug-likeness (QED) is 0.624. The molecule has 0 saturated heterocycles. The highest BCUT2D eigenvalue weighted by atomic mass is 14.2. The zero-order valence-electron chi connectivity index (χ0n) is 8.77. The Morgan fingerprint density at radius 3 is 2.20 bits per heavy atom. The smallest absolute Gasteiger partial charge is 0.0187 e. The number of hydrogen-bond acceptors (Lipinski definition) is 0. The van der Waals surface area contributed by atoms with Gasteiger partial charge in [0.2, 0.25) is 0 Å². The summed E-state index contributed by atoms with van der Waals surface area (Å²) in [6, 6.07) is 10.6. The molecule has 15 heavy (non-hydrogen) atoms. The topological polar surface area (TPSA) is 0 Å². The fourth-order valence-corrected chi connectivity index (χ4v) is 1.74. The molecule has 0 saturated carbocycles. The molecule has 1 aliphatic rings. The second-order valence-electron chi connectivity index (χ2n) is 4.07. The van der Waals surface area contributed by atoms with Gasteiger partial charge in [-0.3, -0.25) is 0 Å². The summed E-state index contributed by atoms with van der Waals surface area (Å²) in [5.41, 5.74) is 2.68. The van der Waals surface area contributed by atoms with Crippen LogP contribution in [-0.4, -0.2) is 0 Å². The van der Waals surface area contributed by atoms with E-state index in [1.165, 1.54) is 11.1 Å². The van der Waals surface area contributed by atoms with Gasteiger partial charge in [-0.1, -0.05) is 69.8 Å². The van der Waals surface area contributed by atoms with E-state index in [9.17, 15) is 0 Å². The van der Waals surface area contributed by atoms with Gasteiger partial charge >= 0.3 is 0 Å². The van der Waals surface area contributed by atoms with Crippen LogP contribution >= 0.6 is 0 Å². The van der Waals surface area contributed by atoms with Gasteiger partial charge in [0.25, 0.3) is 0 Å². The van der Waals surface area contributed by atoms with Crippen molar-refractivity contribution in [1.82, 2.24) is 0 Å². The van der Waals surface area contributed by atoms with Crippen molar-refractivity contribution in [2.45, 2.75) is 21.3 Å². The molecule has 0 heteroatoms. The molecule has 1 aliphatic carbocycles. The molecule has 0 aliphatic heterocycles. The third-order valence-electron chi connectivity index (χ3n) is 2.96. The third-order valence-corrected chi connectivity index (χ3v) is 2.96. The summed E-state index contributed by atoms with van der Waals surface area (Å²) in [5.74, 6) is 1.32. The Morgan fingerprint density at radius 2 is 1.60 bits per heavy atom. The van der Waals surface area contributed by atoms with E-state index in [0.717, 1.165) is 0 Å². The highest BCUT2D eigenvalue weighted by Crippen LogP contribution is 2.27. The molecule has 1 aromatic rings. The summed E-state index contributed by atoms with van der Waals surface area (Å²) in [6.45, 7) is 4.54. The minimum Gasteiger partial charge on any atom is -0.0805 e. The molecule has 0 fully saturated rings. The number of benzene rings is 1. The maximum Gasteiger partial charge on any atom is -0.0187 e. The molecular formula is C15H20. The Kier molecular flexibility index (Phi) is 3.90. The highest BCUT2D eigenvalue weighted by molar-refractivity contribution is 5.75. The van der Waals surface area contributed by atoms with Gasteiger partial charge in [0.1, 0.15) is 0 Å². The molecule has 0 nitrogen and oxygen atoms in total. The normalized spacial score (nSPS) is 24.3. The predicted octanol–water partition coefficient (Wildman–Crippen LogP) is 4.55. The van der Waals surface area contributed by atoms with Crippen molar-refractivity contribution in [2.24, 2.45) is 11.8 Å². The lowest BCUT2D eigenvalue weighted by molar-refractivity contribution is 0.554. The molecule has 1 aromatic carbocycles. The van der Waals surface area contributed by atoms with Gasteiger partial charge in [0, 0.05) is 0 Å². The van der Waals surface area contributed by atoms with Crippen LogP contribution in [0.1, 0.15) is 26.8 Å². The first-order chi connectivity index (χ1) is 6.77. The lowest BCUT2D eigenvalue weighted by atomic mass is 9.86. The lowest BCUT2D eigenvalue weighted by Gasteiger charge is -2.19. The fourth-order valence-electron chi connectivity index (χ4n) is 1.74. The monoisotopic (exact) mass is 200 g/mol. The van der Waals surface area contributed by atoms with Crippen molar-refractivity contribution in [2.75, 3.05) is 0 Å². The second kappa shape index (κ2) is 4.97. The Hall–Kier alpha value is -1.30. The standard InChI is InChI=1S/C14H16.CH4/c1-11-8-9-14(10-12(11)2)13-6-4-3-5-7-13;/h3-12H,1-2H3;1H4. The molecule has 0 amide bonds. The van der Waals surface area contributed by atoms with Crippen molar-refractivity contribution in [1.29, 1.82) is 0 Å². The first-order valence-corrected chi connectivity index (χ1v) is 5.23. The average Bonchev–Trinajstić information content (AvgIpc) is 2.23. The van der Waals surface area contributed by atoms with Crippen LogP contribution in [0.2, 0.25) is 0 Å². The number of allylic oxidation sites excluding steroid dienone is 4. The van der Waals surface area contributed by atoms with Gasteiger partial charge in [-0.2, -0.15) is 0 Å². The largest absolute Gasteiger partial charge is 0.0805 e. The van der Waals surface area contributed by atoms with Crippen molar-refractivity contribution in [3.05, 3.63) is 54.1 Å². The van der Waals surface area contributed by atoms with Gasteiger partial charge in [0.05, 0.1) is 0 Å². The van der Waals surface area contributed by atoms with Gasteiger partial charge in [-0.25, -0.2) is 0 Å². The van der Waals surface area contributed by atoms with Gasteiger partial charge in [-0.05, 0) is 23.0 Å². The van der Waals surface area contributed by atoms with Crippen LogP contribution in [0.25, 0.3) is 5.57 Å². The first kappa shape index (κ1) is 11.8. The van der Waals surface area contributed by atoms with Crippen LogP contribution in [0.5, 0.6) is 0 Å². The fraction of sp³-hybridized carbons (Fsp3) is 0.333. The summed E-state index contributed by atoms with van der Waals surface area (Å²) in [5, 5.41) is 0. The first-order valence-electron chi connectivity index (χ1n) is 5.23. The molecule has 0 aromatic heterocycles. The van der Waals surface area contributed by atoms with Crippen molar-refractivity contribution in [3.63, 3.8) is 0 Å². The van der Waals surface area contributed by atoms with E-state index < -0.39 is 0 Å². The third kappa shape index (κ3) is 2.59. The maximum absolute atomic E-state index is 2.36. The van der Waals surface area contributed by atoms with Crippen molar-refractivity contribution < 1.29 is 0 Å². The number of rotatable bonds is 1. The highest BCUT2D eigenvalue weighted by Gasteiger charge is 2.12. The van der Waals surface area contributed by atoms with Crippen LogP contribution in [0, 0.1) is 11.8 Å². The van der Waals surface area contributed by atoms with E-state index in [-0.39, 0.29) is 7.43 Å². The second-order valence-corrected chi connectivity index (χ2v) is 4.07. The van der Waals surface area contributed by atoms with E-state index in [1.807, 2.05) is 0 Å². The van der Waals surface area contributed by atoms with Crippen LogP contribution in [0.15, 0.2) is 48.6 Å². The van der Waals surface area contributed by atoms with Gasteiger partial charge < -0.3 is 0 Å². The Morgan fingerprint density at radius 1 is 0.933 bits per heavy atom. The summed E-state index contributed by atoms with van der Waals surface area (Å²) < 4.78 is 0. The molecule has 2 rings (SSSR count). The van der Waals surface area contributed by atoms with E-state index in [0.29, 0.717) is 11.8 Å². The van der Waals surface area contributed by atoms with Crippen LogP contribution in [0.4, 0.5) is 0 Å². The predicted molar refractivity (Wildman–Crippen MR) is 68.6 cm³/mol. The van der Waals surface area contributed by atoms with Gasteiger partial charge in [0.15, 0.2) is 0 Å². The Balaban J connectivity index is 0.00000112. The van der Waals surface area contributed by atoms with Crippen LogP contribution < -0.4 is 0 Å². The van der Waals surface area contributed by atoms with Crippen LogP contribution in [0.3, 0.4) is 0 Å². The summed E-state index contributed by atoms with van der Waals surface area (Å²) >= 11 is 0. The van der Waals surface area contributed by atoms with Crippen molar-refractivity contribution >= 4 is 5.57 Å². The van der Waals surface area contributed by atoms with Crippen molar-refractivity contribution in [3.8, 4) is 0 Å². The summed E-state index contributed by atoms with van der Waals surface area (Å²) in [4.78, 5) is 0. The Bertz CT molecular complexity index is 357. The molecule has 0 spiro atoms. The minimum absolute atomic E-state index is 0. The van der Waals surface area contributed by atoms with E-state index >= 15 is 0 Å². The Labute approximate surface area is 93.3 Å². The molecule has 80 valence electrons. The average molecular weight is 200 g/mol. The molecule has 0 heterocycles. The summed E-state index contributed by atoms with van der Waals surface area (Å²) in [7, 11) is 0.